The molecule has 1 heterocycles. The number of carbonyl (C=O) groups excluding carboxylic acids is 1. The molecule has 25 heavy (non-hydrogen) atoms. The molecule has 0 unspecified atom stereocenters. The van der Waals surface area contributed by atoms with E-state index in [-0.39, 0.29) is 24.6 Å². The zero-order valence-corrected chi connectivity index (χ0v) is 13.1. The van der Waals surface area contributed by atoms with Crippen molar-refractivity contribution in [2.45, 2.75) is 32.0 Å². The van der Waals surface area contributed by atoms with Gasteiger partial charge in [-0.2, -0.15) is 13.2 Å². The third-order valence-corrected chi connectivity index (χ3v) is 3.46. The van der Waals surface area contributed by atoms with Gasteiger partial charge in [0.2, 0.25) is 11.7 Å². The van der Waals surface area contributed by atoms with E-state index < -0.39 is 17.7 Å². The van der Waals surface area contributed by atoms with E-state index in [0.29, 0.717) is 24.2 Å². The minimum atomic E-state index is -4.38. The molecule has 0 aliphatic carbocycles. The molecule has 0 bridgehead atoms. The van der Waals surface area contributed by atoms with Crippen molar-refractivity contribution >= 4 is 11.9 Å². The molecule has 2 aromatic rings. The number of nitrogens with one attached hydrogen (secondary N) is 1. The first-order valence-corrected chi connectivity index (χ1v) is 7.50. The van der Waals surface area contributed by atoms with E-state index in [1.807, 2.05) is 0 Å². The van der Waals surface area contributed by atoms with Crippen LogP contribution in [0.3, 0.4) is 0 Å². The van der Waals surface area contributed by atoms with E-state index >= 15 is 0 Å². The predicted molar refractivity (Wildman–Crippen MR) is 81.9 cm³/mol. The zero-order chi connectivity index (χ0) is 18.4. The second-order valence-corrected chi connectivity index (χ2v) is 5.40. The number of furan rings is 1. The molecule has 0 fully saturated rings. The first-order chi connectivity index (χ1) is 11.8. The van der Waals surface area contributed by atoms with Gasteiger partial charge in [-0.3, -0.25) is 4.79 Å². The third-order valence-electron chi connectivity index (χ3n) is 3.46. The Morgan fingerprint density at radius 3 is 2.56 bits per heavy atom. The molecule has 0 spiro atoms. The highest BCUT2D eigenvalue weighted by Crippen LogP contribution is 2.29. The van der Waals surface area contributed by atoms with Crippen molar-refractivity contribution in [1.29, 1.82) is 0 Å². The van der Waals surface area contributed by atoms with Crippen molar-refractivity contribution in [2.24, 2.45) is 0 Å². The van der Waals surface area contributed by atoms with E-state index in [1.54, 1.807) is 6.07 Å². The highest BCUT2D eigenvalue weighted by atomic mass is 19.4. The highest BCUT2D eigenvalue weighted by Gasteiger charge is 2.30. The molecule has 1 aromatic carbocycles. The average Bonchev–Trinajstić information content (AvgIpc) is 3.02. The molecule has 1 aromatic heterocycles. The van der Waals surface area contributed by atoms with E-state index in [1.165, 1.54) is 18.2 Å². The number of carboxylic acids is 1. The quantitative estimate of drug-likeness (QED) is 0.795. The van der Waals surface area contributed by atoms with Crippen LogP contribution < -0.4 is 5.32 Å². The van der Waals surface area contributed by atoms with Crippen LogP contribution in [-0.4, -0.2) is 17.0 Å². The van der Waals surface area contributed by atoms with E-state index in [0.717, 1.165) is 12.1 Å². The molecule has 2 N–H and O–H groups in total. The van der Waals surface area contributed by atoms with Crippen molar-refractivity contribution < 1.29 is 32.3 Å². The van der Waals surface area contributed by atoms with Gasteiger partial charge in [-0.25, -0.2) is 4.79 Å². The van der Waals surface area contributed by atoms with E-state index in [2.05, 4.69) is 5.32 Å². The Hall–Kier alpha value is -2.77. The number of amides is 1. The van der Waals surface area contributed by atoms with Crippen molar-refractivity contribution in [3.63, 3.8) is 0 Å². The number of benzene rings is 1. The summed E-state index contributed by atoms with van der Waals surface area (Å²) in [7, 11) is 0. The Balaban J connectivity index is 1.76. The van der Waals surface area contributed by atoms with Gasteiger partial charge in [0.25, 0.3) is 0 Å². The standard InChI is InChI=1S/C17H16F3NO4/c18-17(19,20)12-5-1-3-11(9-12)4-2-6-15(22)21-10-13-7-8-14(25-13)16(23)24/h1,3,5,7-9H,2,4,6,10H2,(H,21,22)(H,23,24). The maximum absolute atomic E-state index is 12.6. The SMILES string of the molecule is O=C(CCCc1cccc(C(F)(F)F)c1)NCc1ccc(C(=O)O)o1. The Kier molecular flexibility index (Phi) is 5.84. The van der Waals surface area contributed by atoms with Crippen LogP contribution in [0.15, 0.2) is 40.8 Å². The molecule has 1 amide bonds. The Labute approximate surface area is 141 Å². The molecule has 134 valence electrons. The van der Waals surface area contributed by atoms with E-state index in [9.17, 15) is 22.8 Å². The number of aryl methyl sites for hydroxylation is 1. The molecule has 8 heteroatoms. The fourth-order valence-corrected chi connectivity index (χ4v) is 2.22. The van der Waals surface area contributed by atoms with Gasteiger partial charge in [-0.05, 0) is 36.6 Å². The highest BCUT2D eigenvalue weighted by molar-refractivity contribution is 5.84. The molecule has 0 aliphatic rings. The molecule has 0 aliphatic heterocycles. The Morgan fingerprint density at radius 1 is 1.16 bits per heavy atom. The number of halogens is 3. The van der Waals surface area contributed by atoms with Crippen LogP contribution in [0.25, 0.3) is 0 Å². The van der Waals surface area contributed by atoms with Crippen LogP contribution in [-0.2, 0) is 23.9 Å². The number of hydrogen-bond donors (Lipinski definition) is 2. The average molecular weight is 355 g/mol. The third kappa shape index (κ3) is 5.66. The van der Waals surface area contributed by atoms with Crippen LogP contribution >= 0.6 is 0 Å². The van der Waals surface area contributed by atoms with Gasteiger partial charge in [-0.1, -0.05) is 18.2 Å². The van der Waals surface area contributed by atoms with Crippen LogP contribution in [0.5, 0.6) is 0 Å². The van der Waals surface area contributed by atoms with Gasteiger partial charge in [0.1, 0.15) is 5.76 Å². The molecule has 0 saturated heterocycles. The minimum Gasteiger partial charge on any atom is -0.475 e. The maximum Gasteiger partial charge on any atom is 0.416 e. The number of rotatable bonds is 7. The lowest BCUT2D eigenvalue weighted by molar-refractivity contribution is -0.137. The Morgan fingerprint density at radius 2 is 1.92 bits per heavy atom. The summed E-state index contributed by atoms with van der Waals surface area (Å²) < 4.78 is 42.9. The summed E-state index contributed by atoms with van der Waals surface area (Å²) in [5.41, 5.74) is -0.193. The molecule has 2 rings (SSSR count). The summed E-state index contributed by atoms with van der Waals surface area (Å²) in [5.74, 6) is -1.39. The summed E-state index contributed by atoms with van der Waals surface area (Å²) in [6.07, 6.45) is -3.50. The van der Waals surface area contributed by atoms with Gasteiger partial charge >= 0.3 is 12.1 Å². The zero-order valence-electron chi connectivity index (χ0n) is 13.1. The summed E-state index contributed by atoms with van der Waals surface area (Å²) in [6, 6.07) is 7.75. The lowest BCUT2D eigenvalue weighted by Gasteiger charge is -2.08. The van der Waals surface area contributed by atoms with Crippen molar-refractivity contribution in [3.8, 4) is 0 Å². The van der Waals surface area contributed by atoms with E-state index in [4.69, 9.17) is 9.52 Å². The van der Waals surface area contributed by atoms with Crippen LogP contribution in [0.1, 0.15) is 40.3 Å². The molecule has 0 radical (unpaired) electrons. The fraction of sp³-hybridized carbons (Fsp3) is 0.294. The molecule has 5 nitrogen and oxygen atoms in total. The number of aromatic carboxylic acids is 1. The molecular formula is C17H16F3NO4. The van der Waals surface area contributed by atoms with Crippen LogP contribution in [0, 0.1) is 0 Å². The summed E-state index contributed by atoms with van der Waals surface area (Å²) in [6.45, 7) is 0.0513. The number of alkyl halides is 3. The fourth-order valence-electron chi connectivity index (χ4n) is 2.22. The second-order valence-electron chi connectivity index (χ2n) is 5.40. The number of carbonyl (C=O) groups is 2. The molecule has 0 atom stereocenters. The molecular weight excluding hydrogens is 339 g/mol. The van der Waals surface area contributed by atoms with Gasteiger partial charge < -0.3 is 14.8 Å². The van der Waals surface area contributed by atoms with Gasteiger partial charge in [0.15, 0.2) is 0 Å². The second kappa shape index (κ2) is 7.87. The van der Waals surface area contributed by atoms with Crippen molar-refractivity contribution in [2.75, 3.05) is 0 Å². The maximum atomic E-state index is 12.6. The number of carboxylic acid groups (broad SMARTS) is 1. The number of hydrogen-bond acceptors (Lipinski definition) is 3. The largest absolute Gasteiger partial charge is 0.475 e. The van der Waals surface area contributed by atoms with Gasteiger partial charge in [0, 0.05) is 6.42 Å². The molecule has 0 saturated carbocycles. The topological polar surface area (TPSA) is 79.5 Å². The minimum absolute atomic E-state index is 0.0513. The lowest BCUT2D eigenvalue weighted by atomic mass is 10.0. The van der Waals surface area contributed by atoms with Gasteiger partial charge in [0.05, 0.1) is 12.1 Å². The van der Waals surface area contributed by atoms with Crippen LogP contribution in [0.2, 0.25) is 0 Å². The first kappa shape index (κ1) is 18.6. The predicted octanol–water partition coefficient (Wildman–Crippen LogP) is 3.64. The summed E-state index contributed by atoms with van der Waals surface area (Å²) in [5, 5.41) is 11.3. The first-order valence-electron chi connectivity index (χ1n) is 7.50. The van der Waals surface area contributed by atoms with Gasteiger partial charge in [-0.15, -0.1) is 0 Å². The van der Waals surface area contributed by atoms with Crippen molar-refractivity contribution in [3.05, 3.63) is 59.0 Å². The van der Waals surface area contributed by atoms with Crippen LogP contribution in [0.4, 0.5) is 13.2 Å². The van der Waals surface area contributed by atoms with Crippen molar-refractivity contribution in [1.82, 2.24) is 5.32 Å². The smallest absolute Gasteiger partial charge is 0.416 e. The normalized spacial score (nSPS) is 11.3. The Bertz CT molecular complexity index is 752. The lowest BCUT2D eigenvalue weighted by Crippen LogP contribution is -2.22. The summed E-state index contributed by atoms with van der Waals surface area (Å²) in [4.78, 5) is 22.4. The monoisotopic (exact) mass is 355 g/mol. The summed E-state index contributed by atoms with van der Waals surface area (Å²) >= 11 is 0.